The Bertz CT molecular complexity index is 455. The van der Waals surface area contributed by atoms with Gasteiger partial charge >= 0.3 is 0 Å². The van der Waals surface area contributed by atoms with Gasteiger partial charge in [-0.3, -0.25) is 4.68 Å². The summed E-state index contributed by atoms with van der Waals surface area (Å²) < 4.78 is 4.03. The molecule has 0 radical (unpaired) electrons. The topological polar surface area (TPSA) is 34.8 Å². The van der Waals surface area contributed by atoms with E-state index in [1.54, 1.807) is 0 Å². The van der Waals surface area contributed by atoms with E-state index in [0.29, 0.717) is 0 Å². The summed E-state index contributed by atoms with van der Waals surface area (Å²) >= 11 is 0. The molecular weight excluding hydrogens is 212 g/mol. The molecule has 0 saturated heterocycles. The van der Waals surface area contributed by atoms with Crippen LogP contribution in [0.1, 0.15) is 24.5 Å². The first kappa shape index (κ1) is 11.9. The van der Waals surface area contributed by atoms with Crippen LogP contribution in [0.15, 0.2) is 30.9 Å². The lowest BCUT2D eigenvalue weighted by Gasteiger charge is -2.01. The van der Waals surface area contributed by atoms with E-state index in [1.807, 2.05) is 17.9 Å². The summed E-state index contributed by atoms with van der Waals surface area (Å²) in [4.78, 5) is 0. The fraction of sp³-hybridized carbons (Fsp3) is 0.462. The lowest BCUT2D eigenvalue weighted by Crippen LogP contribution is -2.13. The number of rotatable bonds is 6. The lowest BCUT2D eigenvalue weighted by atomic mass is 10.3. The van der Waals surface area contributed by atoms with E-state index < -0.39 is 0 Å². The van der Waals surface area contributed by atoms with Crippen molar-refractivity contribution in [2.75, 3.05) is 6.54 Å². The third-order valence-corrected chi connectivity index (χ3v) is 2.69. The minimum atomic E-state index is 0.890. The SMILES string of the molecule is CCCNCc1ccn(Cc2cnn(C)c2)c1. The summed E-state index contributed by atoms with van der Waals surface area (Å²) in [6.45, 7) is 5.10. The van der Waals surface area contributed by atoms with Crippen LogP contribution in [-0.4, -0.2) is 20.9 Å². The molecule has 0 unspecified atom stereocenters. The molecule has 0 fully saturated rings. The first-order valence-corrected chi connectivity index (χ1v) is 6.11. The summed E-state index contributed by atoms with van der Waals surface area (Å²) in [5.74, 6) is 0. The molecule has 0 amide bonds. The van der Waals surface area contributed by atoms with Crippen LogP contribution < -0.4 is 5.32 Å². The lowest BCUT2D eigenvalue weighted by molar-refractivity contribution is 0.673. The largest absolute Gasteiger partial charge is 0.349 e. The highest BCUT2D eigenvalue weighted by Gasteiger charge is 1.99. The number of hydrogen-bond acceptors (Lipinski definition) is 2. The van der Waals surface area contributed by atoms with E-state index in [1.165, 1.54) is 17.5 Å². The predicted molar refractivity (Wildman–Crippen MR) is 68.7 cm³/mol. The van der Waals surface area contributed by atoms with Crippen molar-refractivity contribution in [1.29, 1.82) is 0 Å². The molecule has 4 heteroatoms. The van der Waals surface area contributed by atoms with Crippen molar-refractivity contribution in [2.45, 2.75) is 26.4 Å². The smallest absolute Gasteiger partial charge is 0.0539 e. The molecule has 92 valence electrons. The zero-order chi connectivity index (χ0) is 12.1. The van der Waals surface area contributed by atoms with Crippen molar-refractivity contribution in [3.05, 3.63) is 42.0 Å². The van der Waals surface area contributed by atoms with Gasteiger partial charge in [-0.1, -0.05) is 6.92 Å². The molecular formula is C13H20N4. The summed E-state index contributed by atoms with van der Waals surface area (Å²) in [6, 6.07) is 2.17. The number of aromatic nitrogens is 3. The highest BCUT2D eigenvalue weighted by Crippen LogP contribution is 2.05. The fourth-order valence-electron chi connectivity index (χ4n) is 1.87. The van der Waals surface area contributed by atoms with Crippen molar-refractivity contribution in [2.24, 2.45) is 7.05 Å². The number of nitrogens with one attached hydrogen (secondary N) is 1. The van der Waals surface area contributed by atoms with Gasteiger partial charge in [-0.2, -0.15) is 5.10 Å². The molecule has 0 spiro atoms. The Labute approximate surface area is 102 Å². The van der Waals surface area contributed by atoms with E-state index in [-0.39, 0.29) is 0 Å². The first-order valence-electron chi connectivity index (χ1n) is 6.11. The minimum Gasteiger partial charge on any atom is -0.349 e. The van der Waals surface area contributed by atoms with Crippen molar-refractivity contribution in [3.8, 4) is 0 Å². The zero-order valence-corrected chi connectivity index (χ0v) is 10.6. The maximum atomic E-state index is 4.17. The van der Waals surface area contributed by atoms with Crippen LogP contribution in [0.3, 0.4) is 0 Å². The predicted octanol–water partition coefficient (Wildman–Crippen LogP) is 1.77. The highest BCUT2D eigenvalue weighted by molar-refractivity contribution is 5.13. The van der Waals surface area contributed by atoms with Crippen LogP contribution in [0.25, 0.3) is 0 Å². The van der Waals surface area contributed by atoms with Crippen LogP contribution in [0.4, 0.5) is 0 Å². The second kappa shape index (κ2) is 5.68. The van der Waals surface area contributed by atoms with Crippen LogP contribution in [0.2, 0.25) is 0 Å². The molecule has 17 heavy (non-hydrogen) atoms. The van der Waals surface area contributed by atoms with Crippen molar-refractivity contribution in [3.63, 3.8) is 0 Å². The van der Waals surface area contributed by atoms with E-state index >= 15 is 0 Å². The number of nitrogens with zero attached hydrogens (tertiary/aromatic N) is 3. The molecule has 4 nitrogen and oxygen atoms in total. The van der Waals surface area contributed by atoms with E-state index in [9.17, 15) is 0 Å². The quantitative estimate of drug-likeness (QED) is 0.770. The maximum absolute atomic E-state index is 4.17. The second-order valence-corrected chi connectivity index (χ2v) is 4.39. The monoisotopic (exact) mass is 232 g/mol. The Hall–Kier alpha value is -1.55. The molecule has 2 rings (SSSR count). The Balaban J connectivity index is 1.89. The van der Waals surface area contributed by atoms with Crippen LogP contribution in [0.5, 0.6) is 0 Å². The van der Waals surface area contributed by atoms with E-state index in [2.05, 4.69) is 46.6 Å². The van der Waals surface area contributed by atoms with Crippen molar-refractivity contribution < 1.29 is 0 Å². The van der Waals surface area contributed by atoms with Gasteiger partial charge in [0, 0.05) is 37.7 Å². The molecule has 0 atom stereocenters. The van der Waals surface area contributed by atoms with Crippen LogP contribution >= 0.6 is 0 Å². The van der Waals surface area contributed by atoms with Crippen molar-refractivity contribution in [1.82, 2.24) is 19.7 Å². The van der Waals surface area contributed by atoms with Gasteiger partial charge in [-0.15, -0.1) is 0 Å². The molecule has 0 aliphatic carbocycles. The van der Waals surface area contributed by atoms with Gasteiger partial charge in [-0.25, -0.2) is 0 Å². The van der Waals surface area contributed by atoms with Gasteiger partial charge in [-0.05, 0) is 24.6 Å². The van der Waals surface area contributed by atoms with Crippen molar-refractivity contribution >= 4 is 0 Å². The Kier molecular flexibility index (Phi) is 3.98. The molecule has 2 heterocycles. The molecule has 0 aliphatic rings. The molecule has 2 aromatic heterocycles. The number of hydrogen-bond donors (Lipinski definition) is 1. The minimum absolute atomic E-state index is 0.890. The van der Waals surface area contributed by atoms with Crippen LogP contribution in [-0.2, 0) is 20.1 Å². The maximum Gasteiger partial charge on any atom is 0.0539 e. The molecule has 1 N–H and O–H groups in total. The molecule has 0 saturated carbocycles. The summed E-state index contributed by atoms with van der Waals surface area (Å²) in [7, 11) is 1.94. The van der Waals surface area contributed by atoms with Crippen LogP contribution in [0, 0.1) is 0 Å². The van der Waals surface area contributed by atoms with Gasteiger partial charge in [0.1, 0.15) is 0 Å². The summed E-state index contributed by atoms with van der Waals surface area (Å²) in [5.41, 5.74) is 2.57. The summed E-state index contributed by atoms with van der Waals surface area (Å²) in [6.07, 6.45) is 9.45. The Morgan fingerprint density at radius 2 is 2.18 bits per heavy atom. The average Bonchev–Trinajstić information content (AvgIpc) is 2.90. The fourth-order valence-corrected chi connectivity index (χ4v) is 1.87. The Morgan fingerprint density at radius 3 is 2.88 bits per heavy atom. The van der Waals surface area contributed by atoms with Gasteiger partial charge < -0.3 is 9.88 Å². The normalized spacial score (nSPS) is 10.9. The Morgan fingerprint density at radius 1 is 1.29 bits per heavy atom. The van der Waals surface area contributed by atoms with E-state index in [0.717, 1.165) is 19.6 Å². The third kappa shape index (κ3) is 3.46. The average molecular weight is 232 g/mol. The standard InChI is InChI=1S/C13H20N4/c1-3-5-14-7-12-4-6-17(10-12)11-13-8-15-16(2)9-13/h4,6,8-10,14H,3,5,7,11H2,1-2H3. The molecule has 0 bridgehead atoms. The van der Waals surface area contributed by atoms with Gasteiger partial charge in [0.25, 0.3) is 0 Å². The third-order valence-electron chi connectivity index (χ3n) is 2.69. The second-order valence-electron chi connectivity index (χ2n) is 4.39. The summed E-state index contributed by atoms with van der Waals surface area (Å²) in [5, 5.41) is 7.57. The van der Waals surface area contributed by atoms with Gasteiger partial charge in [0.2, 0.25) is 0 Å². The van der Waals surface area contributed by atoms with E-state index in [4.69, 9.17) is 0 Å². The zero-order valence-electron chi connectivity index (χ0n) is 10.6. The molecule has 0 aromatic carbocycles. The highest BCUT2D eigenvalue weighted by atomic mass is 15.2. The number of aryl methyl sites for hydroxylation is 1. The molecule has 0 aliphatic heterocycles. The first-order chi connectivity index (χ1) is 8.28. The van der Waals surface area contributed by atoms with Gasteiger partial charge in [0.05, 0.1) is 12.7 Å². The van der Waals surface area contributed by atoms with Gasteiger partial charge in [0.15, 0.2) is 0 Å². The molecule has 2 aromatic rings.